The molecule has 2 fully saturated rings. The first-order valence-corrected chi connectivity index (χ1v) is 9.94. The van der Waals surface area contributed by atoms with E-state index in [1.165, 1.54) is 19.3 Å². The molecular weight excluding hydrogens is 330 g/mol. The Morgan fingerprint density at radius 1 is 1.15 bits per heavy atom. The summed E-state index contributed by atoms with van der Waals surface area (Å²) in [6.45, 7) is 9.40. The van der Waals surface area contributed by atoms with E-state index in [2.05, 4.69) is 4.90 Å². The smallest absolute Gasteiger partial charge is 0.263 e. The van der Waals surface area contributed by atoms with Crippen LogP contribution in [0.2, 0.25) is 0 Å². The molecule has 3 rings (SSSR count). The fourth-order valence-corrected chi connectivity index (χ4v) is 4.02. The SMILES string of the molecule is CCn1c(C)ccc(C(=O)N2CCCO[C@H](CN3CCCCC3)C2)c1=O. The van der Waals surface area contributed by atoms with Gasteiger partial charge in [0.2, 0.25) is 0 Å². The Balaban J connectivity index is 1.72. The second-order valence-electron chi connectivity index (χ2n) is 7.40. The van der Waals surface area contributed by atoms with Crippen molar-refractivity contribution in [2.24, 2.45) is 0 Å². The Bertz CT molecular complexity index is 679. The summed E-state index contributed by atoms with van der Waals surface area (Å²) in [6.07, 6.45) is 4.64. The lowest BCUT2D eigenvalue weighted by atomic mass is 10.1. The average molecular weight is 361 g/mol. The Kier molecular flexibility index (Phi) is 6.48. The Morgan fingerprint density at radius 2 is 1.92 bits per heavy atom. The number of carbonyl (C=O) groups is 1. The largest absolute Gasteiger partial charge is 0.375 e. The zero-order valence-electron chi connectivity index (χ0n) is 16.1. The molecule has 26 heavy (non-hydrogen) atoms. The maximum absolute atomic E-state index is 13.0. The highest BCUT2D eigenvalue weighted by Gasteiger charge is 2.27. The lowest BCUT2D eigenvalue weighted by molar-refractivity contribution is 0.0216. The van der Waals surface area contributed by atoms with Gasteiger partial charge in [-0.1, -0.05) is 6.42 Å². The molecule has 2 aliphatic rings. The highest BCUT2D eigenvalue weighted by molar-refractivity contribution is 5.94. The number of hydrogen-bond donors (Lipinski definition) is 0. The zero-order chi connectivity index (χ0) is 18.5. The normalized spacial score (nSPS) is 22.2. The van der Waals surface area contributed by atoms with Crippen LogP contribution < -0.4 is 5.56 Å². The van der Waals surface area contributed by atoms with Crippen LogP contribution in [0.15, 0.2) is 16.9 Å². The molecule has 0 spiro atoms. The molecule has 6 heteroatoms. The number of likely N-dealkylation sites (tertiary alicyclic amines) is 1. The maximum atomic E-state index is 13.0. The molecule has 0 bridgehead atoms. The first-order chi connectivity index (χ1) is 12.6. The second-order valence-corrected chi connectivity index (χ2v) is 7.40. The number of carbonyl (C=O) groups excluding carboxylic acids is 1. The molecule has 1 amide bonds. The van der Waals surface area contributed by atoms with Crippen LogP contribution in [0.1, 0.15) is 48.7 Å². The molecule has 1 aromatic heterocycles. The van der Waals surface area contributed by atoms with Crippen LogP contribution in [-0.4, -0.2) is 65.7 Å². The van der Waals surface area contributed by atoms with Crippen molar-refractivity contribution in [3.63, 3.8) is 0 Å². The van der Waals surface area contributed by atoms with Crippen molar-refractivity contribution in [2.75, 3.05) is 39.3 Å². The number of piperidine rings is 1. The van der Waals surface area contributed by atoms with Crippen molar-refractivity contribution < 1.29 is 9.53 Å². The van der Waals surface area contributed by atoms with Crippen LogP contribution in [0, 0.1) is 6.92 Å². The van der Waals surface area contributed by atoms with Gasteiger partial charge in [-0.3, -0.25) is 9.59 Å². The predicted molar refractivity (Wildman–Crippen MR) is 102 cm³/mol. The van der Waals surface area contributed by atoms with Crippen molar-refractivity contribution in [3.8, 4) is 0 Å². The monoisotopic (exact) mass is 361 g/mol. The summed E-state index contributed by atoms with van der Waals surface area (Å²) in [4.78, 5) is 30.0. The van der Waals surface area contributed by atoms with Crippen LogP contribution in [-0.2, 0) is 11.3 Å². The lowest BCUT2D eigenvalue weighted by Gasteiger charge is -2.31. The van der Waals surface area contributed by atoms with Gasteiger partial charge in [-0.05, 0) is 58.3 Å². The van der Waals surface area contributed by atoms with E-state index in [1.807, 2.05) is 24.8 Å². The molecular formula is C20H31N3O3. The molecule has 2 aliphatic heterocycles. The molecule has 0 unspecified atom stereocenters. The van der Waals surface area contributed by atoms with Gasteiger partial charge in [-0.25, -0.2) is 0 Å². The van der Waals surface area contributed by atoms with Crippen LogP contribution >= 0.6 is 0 Å². The summed E-state index contributed by atoms with van der Waals surface area (Å²) in [5.41, 5.74) is 0.975. The van der Waals surface area contributed by atoms with E-state index < -0.39 is 0 Å². The van der Waals surface area contributed by atoms with Gasteiger partial charge in [0.15, 0.2) is 0 Å². The van der Waals surface area contributed by atoms with Gasteiger partial charge in [-0.15, -0.1) is 0 Å². The number of rotatable bonds is 4. The third-order valence-corrected chi connectivity index (χ3v) is 5.49. The number of ether oxygens (including phenoxy) is 1. The summed E-state index contributed by atoms with van der Waals surface area (Å²) in [7, 11) is 0. The van der Waals surface area contributed by atoms with Crippen LogP contribution in [0.3, 0.4) is 0 Å². The van der Waals surface area contributed by atoms with Gasteiger partial charge in [0, 0.05) is 38.5 Å². The molecule has 0 aliphatic carbocycles. The van der Waals surface area contributed by atoms with Crippen molar-refractivity contribution in [3.05, 3.63) is 33.7 Å². The summed E-state index contributed by atoms with van der Waals surface area (Å²) >= 11 is 0. The minimum Gasteiger partial charge on any atom is -0.375 e. The maximum Gasteiger partial charge on any atom is 0.263 e. The van der Waals surface area contributed by atoms with E-state index in [1.54, 1.807) is 10.6 Å². The van der Waals surface area contributed by atoms with E-state index in [9.17, 15) is 9.59 Å². The number of amides is 1. The van der Waals surface area contributed by atoms with Crippen molar-refractivity contribution in [2.45, 2.75) is 52.2 Å². The summed E-state index contributed by atoms with van der Waals surface area (Å²) in [5.74, 6) is -0.161. The Labute approximate surface area is 155 Å². The standard InChI is InChI=1S/C20H31N3O3/c1-3-23-16(2)8-9-18(20(23)25)19(24)22-12-7-13-26-17(15-22)14-21-10-5-4-6-11-21/h8-9,17H,3-7,10-15H2,1-2H3/t17-/m1/s1. The minimum atomic E-state index is -0.185. The van der Waals surface area contributed by atoms with Crippen LogP contribution in [0.5, 0.6) is 0 Å². The van der Waals surface area contributed by atoms with E-state index in [4.69, 9.17) is 4.74 Å². The molecule has 2 saturated heterocycles. The van der Waals surface area contributed by atoms with Gasteiger partial charge >= 0.3 is 0 Å². The second kappa shape index (κ2) is 8.82. The molecule has 3 heterocycles. The molecule has 0 saturated carbocycles. The van der Waals surface area contributed by atoms with Crippen molar-refractivity contribution in [1.29, 1.82) is 0 Å². The quantitative estimate of drug-likeness (QED) is 0.822. The Morgan fingerprint density at radius 3 is 2.65 bits per heavy atom. The minimum absolute atomic E-state index is 0.0263. The third kappa shape index (κ3) is 4.35. The molecule has 0 N–H and O–H groups in total. The van der Waals surface area contributed by atoms with Gasteiger partial charge in [0.1, 0.15) is 5.56 Å². The third-order valence-electron chi connectivity index (χ3n) is 5.49. The molecule has 1 aromatic rings. The fraction of sp³-hybridized carbons (Fsp3) is 0.700. The van der Waals surface area contributed by atoms with Crippen LogP contribution in [0.25, 0.3) is 0 Å². The molecule has 144 valence electrons. The van der Waals surface area contributed by atoms with Gasteiger partial charge in [0.05, 0.1) is 6.10 Å². The molecule has 6 nitrogen and oxygen atoms in total. The van der Waals surface area contributed by atoms with Crippen molar-refractivity contribution in [1.82, 2.24) is 14.4 Å². The number of aryl methyl sites for hydroxylation is 1. The number of aromatic nitrogens is 1. The first kappa shape index (κ1) is 19.1. The number of hydrogen-bond acceptors (Lipinski definition) is 4. The first-order valence-electron chi connectivity index (χ1n) is 9.94. The summed E-state index contributed by atoms with van der Waals surface area (Å²) in [6, 6.07) is 3.54. The topological polar surface area (TPSA) is 54.8 Å². The molecule has 0 aromatic carbocycles. The summed E-state index contributed by atoms with van der Waals surface area (Å²) < 4.78 is 7.66. The molecule has 0 radical (unpaired) electrons. The highest BCUT2D eigenvalue weighted by Crippen LogP contribution is 2.14. The van der Waals surface area contributed by atoms with E-state index in [-0.39, 0.29) is 23.1 Å². The highest BCUT2D eigenvalue weighted by atomic mass is 16.5. The number of pyridine rings is 1. The van der Waals surface area contributed by atoms with Crippen LogP contribution in [0.4, 0.5) is 0 Å². The van der Waals surface area contributed by atoms with Gasteiger partial charge in [0.25, 0.3) is 11.5 Å². The van der Waals surface area contributed by atoms with E-state index in [0.717, 1.165) is 31.7 Å². The number of nitrogens with zero attached hydrogens (tertiary/aromatic N) is 3. The van der Waals surface area contributed by atoms with E-state index >= 15 is 0 Å². The van der Waals surface area contributed by atoms with Gasteiger partial charge < -0.3 is 19.1 Å². The zero-order valence-corrected chi connectivity index (χ0v) is 16.1. The predicted octanol–water partition coefficient (Wildman–Crippen LogP) is 1.89. The Hall–Kier alpha value is -1.66. The van der Waals surface area contributed by atoms with E-state index in [0.29, 0.717) is 26.2 Å². The molecule has 1 atom stereocenters. The van der Waals surface area contributed by atoms with Crippen molar-refractivity contribution >= 4 is 5.91 Å². The fourth-order valence-electron chi connectivity index (χ4n) is 4.02. The van der Waals surface area contributed by atoms with Gasteiger partial charge in [-0.2, -0.15) is 0 Å². The lowest BCUT2D eigenvalue weighted by Crippen LogP contribution is -2.45. The average Bonchev–Trinajstić information content (AvgIpc) is 2.88. The summed E-state index contributed by atoms with van der Waals surface area (Å²) in [5, 5.41) is 0.